The van der Waals surface area contributed by atoms with Gasteiger partial charge in [-0.2, -0.15) is 8.61 Å². The number of hydrogen-bond acceptors (Lipinski definition) is 29. The molecule has 37 heteroatoms. The van der Waals surface area contributed by atoms with E-state index in [1.165, 1.54) is 39.8 Å². The zero-order chi connectivity index (χ0) is 79.8. The first kappa shape index (κ1) is 93.5. The molecule has 3 radical (unpaired) electrons. The summed E-state index contributed by atoms with van der Waals surface area (Å²) in [4.78, 5) is 73.4. The van der Waals surface area contributed by atoms with Gasteiger partial charge >= 0.3 is 53.7 Å². The molecule has 6 N–H and O–H groups in total. The second kappa shape index (κ2) is 47.4. The van der Waals surface area contributed by atoms with Crippen molar-refractivity contribution in [3.63, 3.8) is 0 Å². The molecule has 6 heterocycles. The molecule has 6 aliphatic rings. The van der Waals surface area contributed by atoms with Crippen LogP contribution in [0.3, 0.4) is 0 Å². The summed E-state index contributed by atoms with van der Waals surface area (Å²) >= 11 is 0. The van der Waals surface area contributed by atoms with E-state index < -0.39 is 86.6 Å². The molecule has 10 atom stereocenters. The maximum atomic E-state index is 13.9. The van der Waals surface area contributed by atoms with Crippen LogP contribution < -0.4 is 74.3 Å². The van der Waals surface area contributed by atoms with Crippen molar-refractivity contribution in [3.8, 4) is 34.5 Å². The third kappa shape index (κ3) is 30.4. The second-order valence-corrected chi connectivity index (χ2v) is 31.1. The first-order chi connectivity index (χ1) is 52.0. The third-order valence-electron chi connectivity index (χ3n) is 17.2. The normalized spacial score (nSPS) is 19.4. The number of ether oxygens (including phenoxy) is 12. The quantitative estimate of drug-likeness (QED) is 0.0198. The molecule has 6 aliphatic heterocycles. The minimum Gasteiger partial charge on any atom is -0.793 e. The monoisotopic (exact) mass is 1600 g/mol. The molecule has 0 unspecified atom stereocenters. The van der Waals surface area contributed by atoms with E-state index in [0.717, 1.165) is 75.8 Å². The van der Waals surface area contributed by atoms with E-state index in [9.17, 15) is 51.0 Å². The largest absolute Gasteiger partial charge is 1.00 e. The van der Waals surface area contributed by atoms with Crippen LogP contribution in [-0.2, 0) is 94.9 Å². The Morgan fingerprint density at radius 2 is 0.945 bits per heavy atom. The van der Waals surface area contributed by atoms with Crippen molar-refractivity contribution in [1.82, 2.24) is 24.1 Å². The molecular formula is C73H105BN6NaO27S2. The van der Waals surface area contributed by atoms with Crippen LogP contribution in [0.2, 0.25) is 0 Å². The Kier molecular flexibility index (Phi) is 40.3. The number of carbonyl (C=O) groups is 6. The Morgan fingerprint density at radius 1 is 0.564 bits per heavy atom. The van der Waals surface area contributed by atoms with Gasteiger partial charge in [0, 0.05) is 59.1 Å². The summed E-state index contributed by atoms with van der Waals surface area (Å²) in [5.74, 6) is 1.08. The van der Waals surface area contributed by atoms with Crippen LogP contribution in [0, 0.1) is 23.7 Å². The van der Waals surface area contributed by atoms with E-state index in [-0.39, 0.29) is 141 Å². The molecule has 0 aliphatic carbocycles. The Balaban J connectivity index is 0.000000330. The Bertz CT molecular complexity index is 3710. The van der Waals surface area contributed by atoms with Crippen molar-refractivity contribution in [2.45, 2.75) is 159 Å². The molecule has 110 heavy (non-hydrogen) atoms. The number of nitrogens with one attached hydrogen (secondary N) is 2. The molecule has 0 spiro atoms. The molecule has 0 saturated carbocycles. The predicted molar refractivity (Wildman–Crippen MR) is 392 cm³/mol. The van der Waals surface area contributed by atoms with Crippen molar-refractivity contribution in [3.05, 3.63) is 96.1 Å². The Morgan fingerprint density at radius 3 is 1.30 bits per heavy atom. The van der Waals surface area contributed by atoms with Crippen LogP contribution >= 0.6 is 0 Å². The SMILES string of the molecule is C=O.CC(=O)OOC(C)=O.CC(C)CN(C[C@@H](O)[C@H](Cc1ccc(OCCCCN(C)C)cc1)NC(=O)O[C@H]1CO[C@H]2OCC[C@H]21)S(=O)(=O)c1ccc2c(c1)OCO2.CC(C)CN(C[C@@H](O)[C@H](Cc1ccc(OCCCCN)cc1)NC(=O)O[C@H]1CO[C@H]2OCC[C@H]21)S(=O)(=O)c1ccc2c(c1)OCO2.[B-]OC(C)=O.[Na+]. The summed E-state index contributed by atoms with van der Waals surface area (Å²) in [5, 5.41) is 28.9. The first-order valence-corrected chi connectivity index (χ1v) is 38.8. The van der Waals surface area contributed by atoms with Crippen LogP contribution in [0.15, 0.2) is 94.7 Å². The number of benzene rings is 4. The summed E-state index contributed by atoms with van der Waals surface area (Å²) in [6.07, 6.45) is -0.186. The minimum atomic E-state index is -4.06. The number of rotatable bonds is 33. The van der Waals surface area contributed by atoms with Crippen LogP contribution in [0.25, 0.3) is 0 Å². The van der Waals surface area contributed by atoms with E-state index in [4.69, 9.17) is 67.4 Å². The van der Waals surface area contributed by atoms with Crippen LogP contribution in [0.4, 0.5) is 9.59 Å². The van der Waals surface area contributed by atoms with Gasteiger partial charge < -0.3 is 106 Å². The van der Waals surface area contributed by atoms with Gasteiger partial charge in [0.05, 0.1) is 85.6 Å². The van der Waals surface area contributed by atoms with Crippen LogP contribution in [0.1, 0.15) is 98.1 Å². The molecular weight excluding hydrogens is 1490 g/mol. The van der Waals surface area contributed by atoms with Gasteiger partial charge in [0.1, 0.15) is 30.5 Å². The summed E-state index contributed by atoms with van der Waals surface area (Å²) in [6, 6.07) is 21.9. The number of nitrogens with zero attached hydrogens (tertiary/aromatic N) is 3. The maximum Gasteiger partial charge on any atom is 1.00 e. The second-order valence-electron chi connectivity index (χ2n) is 27.2. The standard InChI is InChI=1S/C34H49N3O10S.C32H45N3O10S.C4H6O4.C2H3BO2.CH2O.Na/c1-23(2)19-37(48(40,41)26-11-12-30-31(18-26)46-22-45-30)20-29(38)28(35-34(39)47-32-21-44-33-27(32)13-16-43-33)17-24-7-9-25(10-8-24)42-15-6-5-14-36(3)4;1-21(2)17-35(46(38,39)24-9-10-28-29(16-24)44-20-43-28)18-27(36)26(15-22-5-7-23(8-6-22)40-13-4-3-12-33)34-32(37)45-30-19-42-31-25(30)11-14-41-31;1-3(5)7-8-4(2)6;1-2(4)5-3;1-2;/h7-12,18,23,27-29,32-33,38H,5-6,13-17,19-22H2,1-4H3,(H,35,39);5-10,16,21,25-27,30-31,36H,3-4,11-15,17-20,33H2,1-2H3,(H,34,37);1-2H3;1H3;1H2;/q;;;-1;;+1/t27-,28-,29+,32-,33+;25-,26-,27+,30-,31+;;;;/m00..../s1. The van der Waals surface area contributed by atoms with E-state index in [1.807, 2.05) is 97.1 Å². The number of sulfonamides is 2. The number of amides is 2. The topological polar surface area (TPSA) is 409 Å². The van der Waals surface area contributed by atoms with Gasteiger partial charge in [-0.1, -0.05) is 52.0 Å². The van der Waals surface area contributed by atoms with E-state index >= 15 is 0 Å². The fourth-order valence-corrected chi connectivity index (χ4v) is 15.2. The molecule has 10 rings (SSSR count). The number of alkyl carbamates (subject to hydrolysis) is 2. The minimum absolute atomic E-state index is 0. The van der Waals surface area contributed by atoms with Crippen LogP contribution in [0.5, 0.6) is 34.5 Å². The molecule has 4 aromatic rings. The number of nitrogens with two attached hydrogens (primary N) is 1. The number of hydrogen-bond donors (Lipinski definition) is 5. The average Bonchev–Trinajstić information content (AvgIpc) is 1.74. The molecule has 0 aromatic heterocycles. The van der Waals surface area contributed by atoms with E-state index in [1.54, 1.807) is 12.1 Å². The van der Waals surface area contributed by atoms with Gasteiger partial charge in [-0.05, 0) is 150 Å². The smallest absolute Gasteiger partial charge is 0.793 e. The predicted octanol–water partition coefficient (Wildman–Crippen LogP) is 2.36. The molecule has 4 saturated heterocycles. The number of fused-ring (bicyclic) bond motifs is 4. The van der Waals surface area contributed by atoms with Gasteiger partial charge in [-0.15, -0.1) is 0 Å². The van der Waals surface area contributed by atoms with Gasteiger partial charge in [-0.3, -0.25) is 4.79 Å². The average molecular weight is 1600 g/mol. The summed E-state index contributed by atoms with van der Waals surface area (Å²) < 4.78 is 129. The summed E-state index contributed by atoms with van der Waals surface area (Å²) in [6.45, 7) is 17.2. The zero-order valence-electron chi connectivity index (χ0n) is 64.2. The van der Waals surface area contributed by atoms with Crippen molar-refractivity contribution in [2.75, 3.05) is 107 Å². The fraction of sp³-hybridized carbons (Fsp3) is 0.589. The summed E-state index contributed by atoms with van der Waals surface area (Å²) in [7, 11) is 0.297. The number of carbonyl (C=O) groups excluding carboxylic acids is 6. The Labute approximate surface area is 667 Å². The summed E-state index contributed by atoms with van der Waals surface area (Å²) in [5.41, 5.74) is 7.18. The van der Waals surface area contributed by atoms with Gasteiger partial charge in [-0.25, -0.2) is 45.8 Å². The van der Waals surface area contributed by atoms with Crippen molar-refractivity contribution >= 4 is 65.0 Å². The maximum absolute atomic E-state index is 13.9. The Hall–Kier alpha value is -7.14. The van der Waals surface area contributed by atoms with Gasteiger partial charge in [0.2, 0.25) is 39.6 Å². The third-order valence-corrected chi connectivity index (χ3v) is 20.9. The first-order valence-electron chi connectivity index (χ1n) is 35.9. The number of aliphatic hydroxyl groups excluding tert-OH is 2. The molecule has 605 valence electrons. The van der Waals surface area contributed by atoms with Crippen molar-refractivity contribution in [1.29, 1.82) is 0 Å². The van der Waals surface area contributed by atoms with Crippen molar-refractivity contribution < 1.29 is 157 Å². The fourth-order valence-electron chi connectivity index (χ4n) is 11.9. The number of aliphatic hydroxyl groups is 2. The molecule has 2 amide bonds. The molecule has 0 bridgehead atoms. The number of unbranched alkanes of at least 4 members (excludes halogenated alkanes) is 2. The van der Waals surface area contributed by atoms with Crippen LogP contribution in [-0.4, -0.2) is 241 Å². The zero-order valence-corrected chi connectivity index (χ0v) is 67.8. The van der Waals surface area contributed by atoms with Gasteiger partial charge in [0.15, 0.2) is 35.6 Å². The van der Waals surface area contributed by atoms with Crippen molar-refractivity contribution in [2.24, 2.45) is 29.4 Å². The van der Waals surface area contributed by atoms with Gasteiger partial charge in [0.25, 0.3) is 0 Å². The molecule has 4 fully saturated rings. The molecule has 33 nitrogen and oxygen atoms in total. The van der Waals surface area contributed by atoms with E-state index in [0.29, 0.717) is 61.7 Å². The van der Waals surface area contributed by atoms with E-state index in [2.05, 4.69) is 38.0 Å². The molecule has 4 aromatic carbocycles.